The summed E-state index contributed by atoms with van der Waals surface area (Å²) in [5.74, 6) is -1.52. The maximum Gasteiger partial charge on any atom is 0.434 e. The van der Waals surface area contributed by atoms with E-state index < -0.39 is 35.0 Å². The topological polar surface area (TPSA) is 90.1 Å². The third-order valence-corrected chi connectivity index (χ3v) is 6.87. The number of hydrogen-bond donors (Lipinski definition) is 1. The molecule has 13 heteroatoms. The van der Waals surface area contributed by atoms with Crippen molar-refractivity contribution in [2.24, 2.45) is 4.99 Å². The number of alkyl halides is 3. The number of carbonyl (C=O) groups excluding carboxylic acids is 1. The quantitative estimate of drug-likeness (QED) is 0.459. The molecule has 1 atom stereocenters. The summed E-state index contributed by atoms with van der Waals surface area (Å²) in [5.41, 5.74) is -2.42. The highest BCUT2D eigenvalue weighted by Crippen LogP contribution is 2.39. The molecule has 37 heavy (non-hydrogen) atoms. The van der Waals surface area contributed by atoms with Gasteiger partial charge in [0.05, 0.1) is 34.9 Å². The Hall–Kier alpha value is -3.28. The number of phenolic OH excluding ortho intramolecular Hbond substituents is 1. The minimum atomic E-state index is -5.01. The SMILES string of the molecule is CCOC(=O)C1=C(C(F)(F)F)N=c2s/c(=C\c3cc(Cl)c(O)c(OC)c3)c(=O)n2[C@H]1c1ccc(Cl)cc1. The van der Waals surface area contributed by atoms with Crippen molar-refractivity contribution in [3.63, 3.8) is 0 Å². The summed E-state index contributed by atoms with van der Waals surface area (Å²) in [5, 5.41) is 10.2. The van der Waals surface area contributed by atoms with E-state index in [1.807, 2.05) is 0 Å². The summed E-state index contributed by atoms with van der Waals surface area (Å²) in [4.78, 5) is 29.8. The van der Waals surface area contributed by atoms with Crippen molar-refractivity contribution in [3.05, 3.63) is 88.5 Å². The first-order valence-corrected chi connectivity index (χ1v) is 12.2. The first-order valence-electron chi connectivity index (χ1n) is 10.6. The lowest BCUT2D eigenvalue weighted by atomic mass is 9.95. The molecule has 0 bridgehead atoms. The summed E-state index contributed by atoms with van der Waals surface area (Å²) in [7, 11) is 1.31. The van der Waals surface area contributed by atoms with Crippen molar-refractivity contribution in [2.75, 3.05) is 13.7 Å². The highest BCUT2D eigenvalue weighted by molar-refractivity contribution is 7.07. The van der Waals surface area contributed by atoms with E-state index in [2.05, 4.69) is 4.99 Å². The number of methoxy groups -OCH3 is 1. The summed E-state index contributed by atoms with van der Waals surface area (Å²) in [6, 6.07) is 7.01. The zero-order valence-electron chi connectivity index (χ0n) is 19.1. The van der Waals surface area contributed by atoms with Gasteiger partial charge in [-0.25, -0.2) is 9.79 Å². The second-order valence-corrected chi connectivity index (χ2v) is 9.52. The zero-order valence-corrected chi connectivity index (χ0v) is 21.4. The minimum Gasteiger partial charge on any atom is -0.503 e. The number of esters is 1. The van der Waals surface area contributed by atoms with Crippen molar-refractivity contribution >= 4 is 46.6 Å². The second kappa shape index (κ2) is 10.2. The summed E-state index contributed by atoms with van der Waals surface area (Å²) in [6.45, 7) is 1.27. The van der Waals surface area contributed by atoms with Crippen molar-refractivity contribution in [2.45, 2.75) is 19.1 Å². The number of aromatic hydroxyl groups is 1. The third-order valence-electron chi connectivity index (χ3n) is 5.35. The number of ether oxygens (including phenoxy) is 2. The fourth-order valence-corrected chi connectivity index (χ4v) is 5.13. The molecule has 1 aromatic heterocycles. The Morgan fingerprint density at radius 1 is 1.24 bits per heavy atom. The van der Waals surface area contributed by atoms with Gasteiger partial charge in [-0.2, -0.15) is 13.2 Å². The number of rotatable bonds is 5. The van der Waals surface area contributed by atoms with Gasteiger partial charge in [-0.3, -0.25) is 9.36 Å². The van der Waals surface area contributed by atoms with Gasteiger partial charge < -0.3 is 14.6 Å². The van der Waals surface area contributed by atoms with Gasteiger partial charge in [0, 0.05) is 5.02 Å². The van der Waals surface area contributed by atoms with Crippen LogP contribution >= 0.6 is 34.5 Å². The Morgan fingerprint density at radius 2 is 1.92 bits per heavy atom. The number of aromatic nitrogens is 1. The van der Waals surface area contributed by atoms with E-state index in [1.54, 1.807) is 0 Å². The maximum atomic E-state index is 14.1. The highest BCUT2D eigenvalue weighted by atomic mass is 35.5. The number of allylic oxidation sites excluding steroid dienone is 1. The van der Waals surface area contributed by atoms with E-state index in [0.29, 0.717) is 21.9 Å². The predicted molar refractivity (Wildman–Crippen MR) is 132 cm³/mol. The van der Waals surface area contributed by atoms with Gasteiger partial charge in [0.25, 0.3) is 5.56 Å². The highest BCUT2D eigenvalue weighted by Gasteiger charge is 2.45. The van der Waals surface area contributed by atoms with E-state index in [1.165, 1.54) is 56.5 Å². The zero-order chi connectivity index (χ0) is 27.1. The second-order valence-electron chi connectivity index (χ2n) is 7.67. The number of fused-ring (bicyclic) bond motifs is 1. The van der Waals surface area contributed by atoms with Gasteiger partial charge in [-0.15, -0.1) is 0 Å². The average molecular weight is 573 g/mol. The Balaban J connectivity index is 2.04. The molecule has 7 nitrogen and oxygen atoms in total. The third kappa shape index (κ3) is 5.11. The molecule has 2 aromatic carbocycles. The molecule has 3 aromatic rings. The monoisotopic (exact) mass is 572 g/mol. The van der Waals surface area contributed by atoms with Crippen LogP contribution in [0.1, 0.15) is 24.1 Å². The fraction of sp³-hybridized carbons (Fsp3) is 0.208. The van der Waals surface area contributed by atoms with E-state index in [-0.39, 0.29) is 38.0 Å². The summed E-state index contributed by atoms with van der Waals surface area (Å²) >= 11 is 12.7. The Labute approximate surface area is 221 Å². The van der Waals surface area contributed by atoms with Crippen LogP contribution in [-0.2, 0) is 9.53 Å². The van der Waals surface area contributed by atoms with Gasteiger partial charge >= 0.3 is 12.1 Å². The number of phenols is 1. The first kappa shape index (κ1) is 26.8. The van der Waals surface area contributed by atoms with Crippen LogP contribution in [0.15, 0.2) is 57.5 Å². The number of hydrogen-bond acceptors (Lipinski definition) is 7. The Bertz CT molecular complexity index is 1590. The fourth-order valence-electron chi connectivity index (χ4n) is 3.78. The maximum absolute atomic E-state index is 14.1. The predicted octanol–water partition coefficient (Wildman–Crippen LogP) is 4.36. The molecule has 194 valence electrons. The van der Waals surface area contributed by atoms with Gasteiger partial charge in [0.15, 0.2) is 22.0 Å². The van der Waals surface area contributed by atoms with E-state index >= 15 is 0 Å². The van der Waals surface area contributed by atoms with Gasteiger partial charge in [-0.05, 0) is 48.4 Å². The molecule has 0 saturated carbocycles. The molecule has 1 aliphatic rings. The molecular formula is C24H17Cl2F3N2O5S. The first-order chi connectivity index (χ1) is 17.5. The van der Waals surface area contributed by atoms with Crippen LogP contribution in [0.2, 0.25) is 10.0 Å². The lowest BCUT2D eigenvalue weighted by Crippen LogP contribution is -2.41. The van der Waals surface area contributed by atoms with Crippen LogP contribution in [0.25, 0.3) is 6.08 Å². The number of carbonyl (C=O) groups is 1. The molecule has 1 aliphatic heterocycles. The van der Waals surface area contributed by atoms with Gasteiger partial charge in [0.2, 0.25) is 0 Å². The van der Waals surface area contributed by atoms with Crippen molar-refractivity contribution in [3.8, 4) is 11.5 Å². The number of halogens is 5. The average Bonchev–Trinajstić information content (AvgIpc) is 3.15. The lowest BCUT2D eigenvalue weighted by molar-refractivity contribution is -0.140. The van der Waals surface area contributed by atoms with Crippen LogP contribution < -0.4 is 19.6 Å². The van der Waals surface area contributed by atoms with Crippen LogP contribution in [0.3, 0.4) is 0 Å². The largest absolute Gasteiger partial charge is 0.503 e. The van der Waals surface area contributed by atoms with E-state index in [9.17, 15) is 27.9 Å². The smallest absolute Gasteiger partial charge is 0.434 e. The molecule has 0 saturated heterocycles. The molecule has 0 unspecified atom stereocenters. The van der Waals surface area contributed by atoms with Crippen molar-refractivity contribution in [1.82, 2.24) is 4.57 Å². The van der Waals surface area contributed by atoms with Crippen LogP contribution in [0.5, 0.6) is 11.5 Å². The molecule has 4 rings (SSSR count). The van der Waals surface area contributed by atoms with E-state index in [4.69, 9.17) is 32.7 Å². The molecule has 1 N–H and O–H groups in total. The number of benzene rings is 2. The molecule has 0 radical (unpaired) electrons. The lowest BCUT2D eigenvalue weighted by Gasteiger charge is -2.26. The molecule has 0 amide bonds. The van der Waals surface area contributed by atoms with Crippen molar-refractivity contribution < 1.29 is 32.5 Å². The summed E-state index contributed by atoms with van der Waals surface area (Å²) in [6.07, 6.45) is -3.64. The van der Waals surface area contributed by atoms with Gasteiger partial charge in [0.1, 0.15) is 0 Å². The summed E-state index contributed by atoms with van der Waals surface area (Å²) < 4.78 is 53.4. The van der Waals surface area contributed by atoms with Crippen molar-refractivity contribution in [1.29, 1.82) is 0 Å². The Kier molecular flexibility index (Phi) is 7.40. The molecule has 0 spiro atoms. The molecular weight excluding hydrogens is 556 g/mol. The minimum absolute atomic E-state index is 0.00755. The molecule has 0 aliphatic carbocycles. The van der Waals surface area contributed by atoms with Crippen LogP contribution in [0.4, 0.5) is 13.2 Å². The number of thiazole rings is 1. The van der Waals surface area contributed by atoms with Gasteiger partial charge in [-0.1, -0.05) is 46.7 Å². The number of nitrogens with zero attached hydrogens (tertiary/aromatic N) is 2. The Morgan fingerprint density at radius 3 is 2.51 bits per heavy atom. The van der Waals surface area contributed by atoms with Crippen LogP contribution in [0, 0.1) is 0 Å². The normalized spacial score (nSPS) is 15.9. The molecule has 0 fully saturated rings. The molecule has 2 heterocycles. The standard InChI is InChI=1S/C24H17Cl2F3N2O5S/c1-3-36-22(34)17-18(12-4-6-13(25)7-5-12)31-21(33)16(37-23(31)30-20(17)24(27,28)29)10-11-8-14(26)19(32)15(9-11)35-2/h4-10,18,32H,3H2,1-2H3/b16-10-/t18-/m0/s1. The van der Waals surface area contributed by atoms with E-state index in [0.717, 1.165) is 4.57 Å². The van der Waals surface area contributed by atoms with Crippen LogP contribution in [-0.4, -0.2) is 35.5 Å².